The van der Waals surface area contributed by atoms with E-state index in [9.17, 15) is 9.90 Å². The van der Waals surface area contributed by atoms with Gasteiger partial charge in [0.2, 0.25) is 0 Å². The topological polar surface area (TPSA) is 64.5 Å². The van der Waals surface area contributed by atoms with Gasteiger partial charge < -0.3 is 15.2 Å². The molecule has 0 radical (unpaired) electrons. The summed E-state index contributed by atoms with van der Waals surface area (Å²) in [6, 6.07) is 0. The molecule has 4 heteroatoms. The third kappa shape index (κ3) is 1.45. The fraction of sp³-hybridized carbons (Fsp3) is 0. The maximum atomic E-state index is 10.2. The number of hydrogen-bond donors (Lipinski definition) is 1. The molecular formula is C6H5N2O2-. The zero-order chi connectivity index (χ0) is 7.40. The number of carbonyl (C=O) groups excluding carboxylic acids is 1. The molecule has 0 saturated heterocycles. The molecule has 0 aliphatic carbocycles. The van der Waals surface area contributed by atoms with E-state index in [1.165, 1.54) is 24.8 Å². The first-order chi connectivity index (χ1) is 4.80. The van der Waals surface area contributed by atoms with Crippen LogP contribution < -0.4 is 10.4 Å². The second-order valence-electron chi connectivity index (χ2n) is 1.65. The quantitative estimate of drug-likeness (QED) is 0.492. The summed E-state index contributed by atoms with van der Waals surface area (Å²) in [6.45, 7) is 0. The van der Waals surface area contributed by atoms with Crippen LogP contribution in [0, 0.1) is 0 Å². The SMILES string of the molecule is O=C([O-])C1=CNC=CN=C1. The molecule has 0 amide bonds. The highest BCUT2D eigenvalue weighted by atomic mass is 16.4. The number of aliphatic imine (C=N–C) groups is 1. The predicted molar refractivity (Wildman–Crippen MR) is 33.9 cm³/mol. The first-order valence-corrected chi connectivity index (χ1v) is 2.66. The Kier molecular flexibility index (Phi) is 1.84. The molecule has 1 N–H and O–H groups in total. The van der Waals surface area contributed by atoms with Gasteiger partial charge in [0, 0.05) is 30.4 Å². The van der Waals surface area contributed by atoms with Crippen molar-refractivity contribution >= 4 is 12.2 Å². The van der Waals surface area contributed by atoms with Crippen molar-refractivity contribution in [1.29, 1.82) is 0 Å². The average molecular weight is 137 g/mol. The van der Waals surface area contributed by atoms with Crippen LogP contribution in [0.15, 0.2) is 29.2 Å². The minimum Gasteiger partial charge on any atom is -0.545 e. The van der Waals surface area contributed by atoms with Gasteiger partial charge in [-0.3, -0.25) is 4.99 Å². The standard InChI is InChI=1S/C6H6N2O2/c9-6(10)5-3-7-1-2-8-4-5/h1-4,7H,(H,9,10)/p-1. The van der Waals surface area contributed by atoms with Crippen molar-refractivity contribution in [3.8, 4) is 0 Å². The molecule has 0 atom stereocenters. The van der Waals surface area contributed by atoms with Crippen LogP contribution in [0.5, 0.6) is 0 Å². The monoisotopic (exact) mass is 137 g/mol. The Morgan fingerprint density at radius 1 is 1.70 bits per heavy atom. The fourth-order valence-corrected chi connectivity index (χ4v) is 0.496. The average Bonchev–Trinajstić information content (AvgIpc) is 2.12. The number of carboxylic acids is 1. The third-order valence-electron chi connectivity index (χ3n) is 0.945. The van der Waals surface area contributed by atoms with E-state index < -0.39 is 5.97 Å². The Labute approximate surface area is 57.6 Å². The van der Waals surface area contributed by atoms with Gasteiger partial charge in [-0.15, -0.1) is 0 Å². The van der Waals surface area contributed by atoms with Gasteiger partial charge in [-0.1, -0.05) is 0 Å². The van der Waals surface area contributed by atoms with Crippen LogP contribution in [0.2, 0.25) is 0 Å². The van der Waals surface area contributed by atoms with E-state index in [2.05, 4.69) is 10.3 Å². The Hall–Kier alpha value is -1.58. The van der Waals surface area contributed by atoms with Crippen LogP contribution in [-0.2, 0) is 4.79 Å². The Bertz CT molecular complexity index is 228. The van der Waals surface area contributed by atoms with Crippen LogP contribution in [0.3, 0.4) is 0 Å². The predicted octanol–water partition coefficient (Wildman–Crippen LogP) is -1.23. The molecule has 0 aromatic heterocycles. The van der Waals surface area contributed by atoms with Crippen molar-refractivity contribution in [2.24, 2.45) is 4.99 Å². The minimum absolute atomic E-state index is 0.0324. The molecule has 1 aliphatic rings. The molecule has 1 aliphatic heterocycles. The van der Waals surface area contributed by atoms with E-state index >= 15 is 0 Å². The molecule has 0 aromatic rings. The summed E-state index contributed by atoms with van der Waals surface area (Å²) >= 11 is 0. The number of nitrogens with one attached hydrogen (secondary N) is 1. The normalized spacial score (nSPS) is 15.4. The first-order valence-electron chi connectivity index (χ1n) is 2.66. The zero-order valence-electron chi connectivity index (χ0n) is 5.07. The van der Waals surface area contributed by atoms with Crippen LogP contribution >= 0.6 is 0 Å². The lowest BCUT2D eigenvalue weighted by Crippen LogP contribution is -2.25. The molecule has 0 aromatic carbocycles. The van der Waals surface area contributed by atoms with Gasteiger partial charge >= 0.3 is 0 Å². The highest BCUT2D eigenvalue weighted by Crippen LogP contribution is 1.89. The van der Waals surface area contributed by atoms with E-state index in [0.717, 1.165) is 0 Å². The Morgan fingerprint density at radius 2 is 2.50 bits per heavy atom. The van der Waals surface area contributed by atoms with Gasteiger partial charge in [0.15, 0.2) is 0 Å². The molecule has 0 spiro atoms. The summed E-state index contributed by atoms with van der Waals surface area (Å²) < 4.78 is 0. The molecule has 0 saturated carbocycles. The highest BCUT2D eigenvalue weighted by molar-refractivity contribution is 6.07. The lowest BCUT2D eigenvalue weighted by atomic mass is 10.3. The number of aliphatic carboxylic acids is 1. The molecule has 52 valence electrons. The minimum atomic E-state index is -1.24. The van der Waals surface area contributed by atoms with Crippen molar-refractivity contribution in [1.82, 2.24) is 5.32 Å². The maximum Gasteiger partial charge on any atom is 0.0745 e. The van der Waals surface area contributed by atoms with Crippen molar-refractivity contribution in [3.05, 3.63) is 24.2 Å². The van der Waals surface area contributed by atoms with E-state index in [-0.39, 0.29) is 5.57 Å². The van der Waals surface area contributed by atoms with E-state index in [0.29, 0.717) is 0 Å². The Balaban J connectivity index is 2.78. The number of hydrogen-bond acceptors (Lipinski definition) is 4. The van der Waals surface area contributed by atoms with Crippen molar-refractivity contribution < 1.29 is 9.90 Å². The molecule has 0 fully saturated rings. The third-order valence-corrected chi connectivity index (χ3v) is 0.945. The molecule has 4 nitrogen and oxygen atoms in total. The van der Waals surface area contributed by atoms with Crippen LogP contribution in [0.4, 0.5) is 0 Å². The lowest BCUT2D eigenvalue weighted by Gasteiger charge is -1.98. The van der Waals surface area contributed by atoms with E-state index in [4.69, 9.17) is 0 Å². The van der Waals surface area contributed by atoms with Gasteiger partial charge in [0.1, 0.15) is 0 Å². The van der Waals surface area contributed by atoms with Crippen molar-refractivity contribution in [2.45, 2.75) is 0 Å². The molecular weight excluding hydrogens is 132 g/mol. The first kappa shape index (κ1) is 6.54. The Morgan fingerprint density at radius 3 is 3.20 bits per heavy atom. The highest BCUT2D eigenvalue weighted by Gasteiger charge is 1.92. The second-order valence-corrected chi connectivity index (χ2v) is 1.65. The largest absolute Gasteiger partial charge is 0.545 e. The fourth-order valence-electron chi connectivity index (χ4n) is 0.496. The van der Waals surface area contributed by atoms with Gasteiger partial charge in [-0.05, 0) is 0 Å². The number of carbonyl (C=O) groups is 1. The summed E-state index contributed by atoms with van der Waals surface area (Å²) in [5.74, 6) is -1.24. The molecule has 1 rings (SSSR count). The van der Waals surface area contributed by atoms with Gasteiger partial charge in [-0.2, -0.15) is 0 Å². The lowest BCUT2D eigenvalue weighted by molar-refractivity contribution is -0.298. The molecule has 0 unspecified atom stereocenters. The molecule has 10 heavy (non-hydrogen) atoms. The van der Waals surface area contributed by atoms with Gasteiger partial charge in [0.05, 0.1) is 5.97 Å². The van der Waals surface area contributed by atoms with Crippen LogP contribution in [0.25, 0.3) is 0 Å². The van der Waals surface area contributed by atoms with Crippen LogP contribution in [-0.4, -0.2) is 12.2 Å². The van der Waals surface area contributed by atoms with Gasteiger partial charge in [-0.25, -0.2) is 0 Å². The summed E-state index contributed by atoms with van der Waals surface area (Å²) in [5, 5.41) is 12.8. The van der Waals surface area contributed by atoms with E-state index in [1.807, 2.05) is 0 Å². The molecule has 0 bridgehead atoms. The van der Waals surface area contributed by atoms with Gasteiger partial charge in [0.25, 0.3) is 0 Å². The summed E-state index contributed by atoms with van der Waals surface area (Å²) in [7, 11) is 0. The summed E-state index contributed by atoms with van der Waals surface area (Å²) in [5.41, 5.74) is 0.0324. The van der Waals surface area contributed by atoms with E-state index in [1.54, 1.807) is 0 Å². The number of rotatable bonds is 1. The maximum absolute atomic E-state index is 10.2. The van der Waals surface area contributed by atoms with Crippen molar-refractivity contribution in [2.75, 3.05) is 0 Å². The number of carboxylic acid groups (broad SMARTS) is 1. The number of nitrogens with zero attached hydrogens (tertiary/aromatic N) is 1. The zero-order valence-corrected chi connectivity index (χ0v) is 5.07. The molecule has 1 heterocycles. The van der Waals surface area contributed by atoms with Crippen LogP contribution in [0.1, 0.15) is 0 Å². The van der Waals surface area contributed by atoms with Crippen molar-refractivity contribution in [3.63, 3.8) is 0 Å². The second kappa shape index (κ2) is 2.82. The smallest absolute Gasteiger partial charge is 0.0745 e. The summed E-state index contributed by atoms with van der Waals surface area (Å²) in [6.07, 6.45) is 5.49. The summed E-state index contributed by atoms with van der Waals surface area (Å²) in [4.78, 5) is 13.8.